The van der Waals surface area contributed by atoms with E-state index in [-0.39, 0.29) is 11.7 Å². The average molecular weight is 307 g/mol. The van der Waals surface area contributed by atoms with Crippen molar-refractivity contribution in [2.45, 2.75) is 44.6 Å². The molecular weight excluding hydrogens is 285 g/mol. The highest BCUT2D eigenvalue weighted by molar-refractivity contribution is 5.84. The molecule has 22 heavy (non-hydrogen) atoms. The second-order valence-electron chi connectivity index (χ2n) is 5.83. The van der Waals surface area contributed by atoms with Gasteiger partial charge in [0.25, 0.3) is 0 Å². The molecule has 1 saturated carbocycles. The Morgan fingerprint density at radius 1 is 1.27 bits per heavy atom. The van der Waals surface area contributed by atoms with Crippen LogP contribution >= 0.6 is 0 Å². The highest BCUT2D eigenvalue weighted by Gasteiger charge is 2.24. The fourth-order valence-corrected chi connectivity index (χ4v) is 2.92. The number of rotatable bonds is 6. The normalized spacial score (nSPS) is 16.3. The van der Waals surface area contributed by atoms with E-state index in [9.17, 15) is 14.0 Å². The van der Waals surface area contributed by atoms with E-state index in [2.05, 4.69) is 5.32 Å². The highest BCUT2D eigenvalue weighted by atomic mass is 19.1. The van der Waals surface area contributed by atoms with Crippen molar-refractivity contribution in [3.63, 3.8) is 0 Å². The van der Waals surface area contributed by atoms with Crippen LogP contribution in [-0.4, -0.2) is 25.0 Å². The van der Waals surface area contributed by atoms with Crippen LogP contribution in [0.2, 0.25) is 0 Å². The Morgan fingerprint density at radius 3 is 2.50 bits per heavy atom. The van der Waals surface area contributed by atoms with Gasteiger partial charge in [0.1, 0.15) is 11.9 Å². The van der Waals surface area contributed by atoms with Crippen molar-refractivity contribution in [1.82, 2.24) is 5.32 Å². The standard InChI is InChI=1S/C17H22FNO3/c1-22-17(21)15(10-13-6-8-14(18)9-7-13)19-16(20)11-12-4-2-3-5-12/h6-9,12,15H,2-5,10-11H2,1H3,(H,19,20)/t15-/m1/s1. The Bertz CT molecular complexity index is 509. The van der Waals surface area contributed by atoms with Crippen LogP contribution < -0.4 is 5.32 Å². The van der Waals surface area contributed by atoms with Crippen molar-refractivity contribution in [3.05, 3.63) is 35.6 Å². The molecule has 0 unspecified atom stereocenters. The molecule has 1 N–H and O–H groups in total. The van der Waals surface area contributed by atoms with Gasteiger partial charge in [-0.05, 0) is 36.5 Å². The molecule has 1 atom stereocenters. The summed E-state index contributed by atoms with van der Waals surface area (Å²) in [6.45, 7) is 0. The number of nitrogens with one attached hydrogen (secondary N) is 1. The number of ether oxygens (including phenoxy) is 1. The number of benzene rings is 1. The minimum Gasteiger partial charge on any atom is -0.467 e. The minimum absolute atomic E-state index is 0.121. The molecule has 120 valence electrons. The second kappa shape index (κ2) is 7.92. The van der Waals surface area contributed by atoms with Gasteiger partial charge in [-0.25, -0.2) is 9.18 Å². The van der Waals surface area contributed by atoms with Crippen LogP contribution in [0.4, 0.5) is 4.39 Å². The molecule has 0 aromatic heterocycles. The summed E-state index contributed by atoms with van der Waals surface area (Å²) < 4.78 is 17.7. The summed E-state index contributed by atoms with van der Waals surface area (Å²) in [6.07, 6.45) is 5.25. The van der Waals surface area contributed by atoms with Gasteiger partial charge in [-0.15, -0.1) is 0 Å². The van der Waals surface area contributed by atoms with Crippen LogP contribution in [0.1, 0.15) is 37.7 Å². The summed E-state index contributed by atoms with van der Waals surface area (Å²) in [5.41, 5.74) is 0.776. The lowest BCUT2D eigenvalue weighted by atomic mass is 10.0. The van der Waals surface area contributed by atoms with Crippen molar-refractivity contribution < 1.29 is 18.7 Å². The van der Waals surface area contributed by atoms with Gasteiger partial charge in [-0.2, -0.15) is 0 Å². The number of hydrogen-bond donors (Lipinski definition) is 1. The third kappa shape index (κ3) is 4.83. The maximum Gasteiger partial charge on any atom is 0.328 e. The lowest BCUT2D eigenvalue weighted by Crippen LogP contribution is -2.43. The van der Waals surface area contributed by atoms with Gasteiger partial charge in [0, 0.05) is 12.8 Å². The first kappa shape index (κ1) is 16.5. The highest BCUT2D eigenvalue weighted by Crippen LogP contribution is 2.27. The lowest BCUT2D eigenvalue weighted by molar-refractivity contribution is -0.145. The average Bonchev–Trinajstić information content (AvgIpc) is 3.00. The van der Waals surface area contributed by atoms with E-state index in [1.165, 1.54) is 32.1 Å². The molecule has 1 aromatic rings. The predicted octanol–water partition coefficient (Wildman–Crippen LogP) is 2.61. The Labute approximate surface area is 130 Å². The van der Waals surface area contributed by atoms with Crippen LogP contribution in [0, 0.1) is 11.7 Å². The van der Waals surface area contributed by atoms with Gasteiger partial charge in [0.2, 0.25) is 5.91 Å². The number of halogens is 1. The SMILES string of the molecule is COC(=O)[C@@H](Cc1ccc(F)cc1)NC(=O)CC1CCCC1. The number of esters is 1. The first-order valence-corrected chi connectivity index (χ1v) is 7.70. The molecule has 0 spiro atoms. The second-order valence-corrected chi connectivity index (χ2v) is 5.83. The molecule has 5 heteroatoms. The van der Waals surface area contributed by atoms with Crippen molar-refractivity contribution in [3.8, 4) is 0 Å². The number of amides is 1. The maximum atomic E-state index is 12.9. The van der Waals surface area contributed by atoms with Gasteiger partial charge in [-0.1, -0.05) is 25.0 Å². The molecular formula is C17H22FNO3. The molecule has 1 amide bonds. The molecule has 0 radical (unpaired) electrons. The first-order valence-electron chi connectivity index (χ1n) is 7.70. The lowest BCUT2D eigenvalue weighted by Gasteiger charge is -2.18. The van der Waals surface area contributed by atoms with Crippen molar-refractivity contribution in [2.24, 2.45) is 5.92 Å². The van der Waals surface area contributed by atoms with Crippen LogP contribution in [0.15, 0.2) is 24.3 Å². The quantitative estimate of drug-likeness (QED) is 0.822. The molecule has 1 aliphatic carbocycles. The zero-order valence-corrected chi connectivity index (χ0v) is 12.8. The first-order chi connectivity index (χ1) is 10.6. The van der Waals surface area contributed by atoms with Crippen molar-refractivity contribution in [1.29, 1.82) is 0 Å². The van der Waals surface area contributed by atoms with E-state index in [4.69, 9.17) is 4.74 Å². The smallest absolute Gasteiger partial charge is 0.328 e. The topological polar surface area (TPSA) is 55.4 Å². The summed E-state index contributed by atoms with van der Waals surface area (Å²) in [5.74, 6) is -0.513. The van der Waals surface area contributed by atoms with E-state index in [1.807, 2.05) is 0 Å². The molecule has 2 rings (SSSR count). The fraction of sp³-hybridized carbons (Fsp3) is 0.529. The molecule has 1 aromatic carbocycles. The van der Waals surface area contributed by atoms with E-state index in [1.54, 1.807) is 12.1 Å². The van der Waals surface area contributed by atoms with Crippen LogP contribution in [-0.2, 0) is 20.7 Å². The molecule has 1 fully saturated rings. The monoisotopic (exact) mass is 307 g/mol. The van der Waals surface area contributed by atoms with Crippen molar-refractivity contribution >= 4 is 11.9 Å². The third-order valence-corrected chi connectivity index (χ3v) is 4.12. The van der Waals surface area contributed by atoms with Crippen LogP contribution in [0.3, 0.4) is 0 Å². The summed E-state index contributed by atoms with van der Waals surface area (Å²) in [5, 5.41) is 2.75. The third-order valence-electron chi connectivity index (χ3n) is 4.12. The van der Waals surface area contributed by atoms with E-state index < -0.39 is 12.0 Å². The fourth-order valence-electron chi connectivity index (χ4n) is 2.92. The van der Waals surface area contributed by atoms with Crippen molar-refractivity contribution in [2.75, 3.05) is 7.11 Å². The van der Waals surface area contributed by atoms with Gasteiger partial charge in [0.05, 0.1) is 7.11 Å². The largest absolute Gasteiger partial charge is 0.467 e. The summed E-state index contributed by atoms with van der Waals surface area (Å²) in [6, 6.07) is 5.15. The van der Waals surface area contributed by atoms with Crippen LogP contribution in [0.5, 0.6) is 0 Å². The zero-order valence-electron chi connectivity index (χ0n) is 12.8. The molecule has 0 aliphatic heterocycles. The van der Waals surface area contributed by atoms with Crippen LogP contribution in [0.25, 0.3) is 0 Å². The molecule has 4 nitrogen and oxygen atoms in total. The number of carbonyl (C=O) groups excluding carboxylic acids is 2. The number of carbonyl (C=O) groups is 2. The minimum atomic E-state index is -0.732. The van der Waals surface area contributed by atoms with Gasteiger partial charge < -0.3 is 10.1 Å². The maximum absolute atomic E-state index is 12.9. The molecule has 0 heterocycles. The van der Waals surface area contributed by atoms with Gasteiger partial charge >= 0.3 is 5.97 Å². The van der Waals surface area contributed by atoms with E-state index >= 15 is 0 Å². The molecule has 0 bridgehead atoms. The van der Waals surface area contributed by atoms with E-state index in [0.29, 0.717) is 18.8 Å². The summed E-state index contributed by atoms with van der Waals surface area (Å²) >= 11 is 0. The Morgan fingerprint density at radius 2 is 1.91 bits per heavy atom. The summed E-state index contributed by atoms with van der Waals surface area (Å²) in [7, 11) is 1.29. The van der Waals surface area contributed by atoms with Gasteiger partial charge in [-0.3, -0.25) is 4.79 Å². The zero-order chi connectivity index (χ0) is 15.9. The number of methoxy groups -OCH3 is 1. The Hall–Kier alpha value is -1.91. The summed E-state index contributed by atoms with van der Waals surface area (Å²) in [4.78, 5) is 23.9. The van der Waals surface area contributed by atoms with Gasteiger partial charge in [0.15, 0.2) is 0 Å². The molecule has 0 saturated heterocycles. The predicted molar refractivity (Wildman–Crippen MR) is 80.6 cm³/mol. The van der Waals surface area contributed by atoms with E-state index in [0.717, 1.165) is 18.4 Å². The molecule has 1 aliphatic rings. The Balaban J connectivity index is 1.94. The number of hydrogen-bond acceptors (Lipinski definition) is 3. The Kier molecular flexibility index (Phi) is 5.92.